The zero-order valence-electron chi connectivity index (χ0n) is 43.2. The van der Waals surface area contributed by atoms with Crippen molar-refractivity contribution in [2.24, 2.45) is 5.92 Å². The number of carbonyl (C=O) groups is 5. The summed E-state index contributed by atoms with van der Waals surface area (Å²) in [5.74, 6) is -1.86. The molecule has 0 radical (unpaired) electrons. The molecule has 0 aromatic heterocycles. The molecule has 3 aliphatic rings. The van der Waals surface area contributed by atoms with Crippen molar-refractivity contribution in [2.75, 3.05) is 20.2 Å². The second-order valence-electron chi connectivity index (χ2n) is 21.5. The van der Waals surface area contributed by atoms with Crippen LogP contribution in [0.3, 0.4) is 0 Å². The van der Waals surface area contributed by atoms with E-state index in [9.17, 15) is 54.5 Å². The normalized spacial score (nSPS) is 28.2. The Morgan fingerprint density at radius 3 is 2.07 bits per heavy atom. The Morgan fingerprint density at radius 2 is 1.47 bits per heavy atom. The number of likely N-dealkylation sites (N-methyl/N-ethyl adjacent to an activating group) is 1. The first-order valence-electron chi connectivity index (χ1n) is 23.9. The number of benzene rings is 1. The number of aliphatic hydroxyl groups excluding tert-OH is 3. The number of nitrogens with zero attached hydrogens (tertiary/aromatic N) is 2. The number of esters is 1. The number of amides is 4. The monoisotopic (exact) mass is 1030 g/mol. The fourth-order valence-electron chi connectivity index (χ4n) is 8.16. The van der Waals surface area contributed by atoms with Gasteiger partial charge in [0.2, 0.25) is 12.2 Å². The number of allylic oxidation sites excluding steroid dienone is 1. The van der Waals surface area contributed by atoms with Crippen LogP contribution in [0.4, 0.5) is 20.1 Å². The van der Waals surface area contributed by atoms with Gasteiger partial charge in [-0.3, -0.25) is 19.7 Å². The minimum absolute atomic E-state index is 0.00294. The van der Waals surface area contributed by atoms with Crippen LogP contribution in [0.5, 0.6) is 0 Å². The third-order valence-corrected chi connectivity index (χ3v) is 11.5. The van der Waals surface area contributed by atoms with Crippen LogP contribution in [0, 0.1) is 16.0 Å². The van der Waals surface area contributed by atoms with E-state index in [1.165, 1.54) is 38.2 Å². The van der Waals surface area contributed by atoms with Crippen LogP contribution in [0.25, 0.3) is 0 Å². The zero-order chi connectivity index (χ0) is 54.1. The van der Waals surface area contributed by atoms with E-state index in [0.29, 0.717) is 5.56 Å². The standard InChI is InChI=1S/C48H75N5O19/c1-26-23-31(50-39(58)32(54)21-22-49-42(59)70-45(2,3)4)37(69-41-35(57)38(48(11,62)25-66-41)52(12)44(61)72-47(8,9)10)34(56)36(26)68-40-30(51-43(60)71-46(5,6)7)19-17-29(67-40)18-20-33(55)65-24-27-13-15-28(16-14-27)53(63)64/h13-17,26,30-32,34-38,40-41,54,56-57,62H,18-25H2,1-12H3,(H,49,59)(H,50,58)(H,51,60). The van der Waals surface area contributed by atoms with Gasteiger partial charge in [0.15, 0.2) is 6.29 Å². The van der Waals surface area contributed by atoms with Gasteiger partial charge in [0.05, 0.1) is 47.9 Å². The largest absolute Gasteiger partial charge is 0.467 e. The Hall–Kier alpha value is -5.37. The summed E-state index contributed by atoms with van der Waals surface area (Å²) in [6.45, 7) is 17.3. The minimum Gasteiger partial charge on any atom is -0.467 e. The predicted octanol–water partition coefficient (Wildman–Crippen LogP) is 3.58. The molecule has 0 spiro atoms. The predicted molar refractivity (Wildman–Crippen MR) is 253 cm³/mol. The summed E-state index contributed by atoms with van der Waals surface area (Å²) in [5.41, 5.74) is -4.04. The third-order valence-electron chi connectivity index (χ3n) is 11.5. The summed E-state index contributed by atoms with van der Waals surface area (Å²) >= 11 is 0. The molecule has 12 unspecified atom stereocenters. The Labute approximate surface area is 419 Å². The fourth-order valence-corrected chi connectivity index (χ4v) is 8.16. The molecule has 1 saturated heterocycles. The van der Waals surface area contributed by atoms with E-state index in [-0.39, 0.29) is 56.7 Å². The van der Waals surface area contributed by atoms with Gasteiger partial charge in [-0.05, 0) is 118 Å². The van der Waals surface area contributed by atoms with Crippen molar-refractivity contribution in [3.63, 3.8) is 0 Å². The molecular weight excluding hydrogens is 951 g/mol. The highest BCUT2D eigenvalue weighted by atomic mass is 16.7. The highest BCUT2D eigenvalue weighted by Gasteiger charge is 2.54. The maximum Gasteiger partial charge on any atom is 0.410 e. The fraction of sp³-hybridized carbons (Fsp3) is 0.729. The molecule has 1 aliphatic carbocycles. The molecule has 4 amide bonds. The molecule has 2 heterocycles. The van der Waals surface area contributed by atoms with Crippen LogP contribution < -0.4 is 16.0 Å². The van der Waals surface area contributed by atoms with Crippen molar-refractivity contribution in [3.8, 4) is 0 Å². The molecular formula is C48H75N5O19. The molecule has 24 heteroatoms. The quantitative estimate of drug-likeness (QED) is 0.0507. The van der Waals surface area contributed by atoms with E-state index >= 15 is 0 Å². The number of alkyl carbamates (subject to hydrolysis) is 2. The van der Waals surface area contributed by atoms with Crippen LogP contribution in [0.1, 0.15) is 114 Å². The van der Waals surface area contributed by atoms with Gasteiger partial charge in [-0.15, -0.1) is 0 Å². The number of hydrogen-bond donors (Lipinski definition) is 7. The van der Waals surface area contributed by atoms with Gasteiger partial charge in [-0.2, -0.15) is 0 Å². The number of aliphatic hydroxyl groups is 4. The van der Waals surface area contributed by atoms with Crippen LogP contribution >= 0.6 is 0 Å². The lowest BCUT2D eigenvalue weighted by molar-refractivity contribution is -0.384. The topological polar surface area (TPSA) is 323 Å². The van der Waals surface area contributed by atoms with E-state index in [2.05, 4.69) is 16.0 Å². The lowest BCUT2D eigenvalue weighted by Gasteiger charge is -2.50. The third kappa shape index (κ3) is 18.0. The van der Waals surface area contributed by atoms with Crippen molar-refractivity contribution in [3.05, 3.63) is 51.8 Å². The van der Waals surface area contributed by atoms with Gasteiger partial charge >= 0.3 is 24.2 Å². The highest BCUT2D eigenvalue weighted by molar-refractivity contribution is 5.81. The van der Waals surface area contributed by atoms with E-state index in [0.717, 1.165) is 4.90 Å². The molecule has 12 atom stereocenters. The first-order chi connectivity index (χ1) is 33.2. The average Bonchev–Trinajstić information content (AvgIpc) is 3.24. The minimum atomic E-state index is -1.84. The van der Waals surface area contributed by atoms with Gasteiger partial charge in [-0.1, -0.05) is 6.92 Å². The molecule has 72 heavy (non-hydrogen) atoms. The first kappa shape index (κ1) is 59.2. The number of carbonyl (C=O) groups excluding carboxylic acids is 5. The summed E-state index contributed by atoms with van der Waals surface area (Å²) in [5, 5.41) is 65.4. The van der Waals surface area contributed by atoms with Crippen molar-refractivity contribution in [1.82, 2.24) is 20.9 Å². The van der Waals surface area contributed by atoms with Crippen molar-refractivity contribution < 1.29 is 87.2 Å². The second kappa shape index (κ2) is 24.6. The van der Waals surface area contributed by atoms with Crippen LogP contribution in [-0.4, -0.2) is 164 Å². The molecule has 1 aromatic carbocycles. The summed E-state index contributed by atoms with van der Waals surface area (Å²) in [7, 11) is 1.32. The Balaban J connectivity index is 1.59. The molecule has 2 aliphatic heterocycles. The van der Waals surface area contributed by atoms with E-state index < -0.39 is 131 Å². The lowest BCUT2D eigenvalue weighted by Crippen LogP contribution is -2.69. The summed E-state index contributed by atoms with van der Waals surface area (Å²) in [6.07, 6.45) is -11.9. The molecule has 7 N–H and O–H groups in total. The number of ether oxygens (including phenoxy) is 8. The van der Waals surface area contributed by atoms with E-state index in [1.807, 2.05) is 0 Å². The number of nitro benzene ring substituents is 1. The second-order valence-corrected chi connectivity index (χ2v) is 21.5. The Morgan fingerprint density at radius 1 is 0.875 bits per heavy atom. The number of nitrogens with one attached hydrogen (secondary N) is 3. The van der Waals surface area contributed by atoms with Gasteiger partial charge in [0, 0.05) is 32.1 Å². The molecule has 406 valence electrons. The number of hydrogen-bond acceptors (Lipinski definition) is 19. The molecule has 2 fully saturated rings. The number of non-ortho nitro benzene ring substituents is 1. The number of nitro groups is 1. The van der Waals surface area contributed by atoms with Gasteiger partial charge in [0.1, 0.15) is 53.4 Å². The lowest BCUT2D eigenvalue weighted by atomic mass is 9.79. The van der Waals surface area contributed by atoms with Crippen molar-refractivity contribution >= 4 is 35.8 Å². The summed E-state index contributed by atoms with van der Waals surface area (Å²) < 4.78 is 46.6. The highest BCUT2D eigenvalue weighted by Crippen LogP contribution is 2.37. The first-order valence-corrected chi connectivity index (χ1v) is 23.9. The summed E-state index contributed by atoms with van der Waals surface area (Å²) in [6, 6.07) is 2.11. The molecule has 4 rings (SSSR count). The molecule has 0 bridgehead atoms. The summed E-state index contributed by atoms with van der Waals surface area (Å²) in [4.78, 5) is 76.5. The smallest absolute Gasteiger partial charge is 0.410 e. The average molecular weight is 1030 g/mol. The Kier molecular flexibility index (Phi) is 20.2. The number of rotatable bonds is 17. The van der Waals surface area contributed by atoms with E-state index in [1.54, 1.807) is 75.3 Å². The van der Waals surface area contributed by atoms with Gasteiger partial charge in [-0.25, -0.2) is 14.4 Å². The molecule has 1 saturated carbocycles. The van der Waals surface area contributed by atoms with Crippen LogP contribution in [0.15, 0.2) is 36.1 Å². The Bertz CT molecular complexity index is 2070. The van der Waals surface area contributed by atoms with Crippen molar-refractivity contribution in [1.29, 1.82) is 0 Å². The molecule has 24 nitrogen and oxygen atoms in total. The van der Waals surface area contributed by atoms with Gasteiger partial charge < -0.3 is 79.2 Å². The van der Waals surface area contributed by atoms with Crippen LogP contribution in [-0.2, 0) is 54.1 Å². The van der Waals surface area contributed by atoms with Crippen molar-refractivity contribution in [2.45, 2.75) is 199 Å². The molecule has 1 aromatic rings. The maximum absolute atomic E-state index is 13.6. The van der Waals surface area contributed by atoms with E-state index in [4.69, 9.17) is 37.9 Å². The van der Waals surface area contributed by atoms with Gasteiger partial charge in [0.25, 0.3) is 5.69 Å². The SMILES string of the molecule is CC1CC(NC(=O)C(O)CCNC(=O)OC(C)(C)C)C(OC2OCC(C)(O)C(N(C)C(=O)OC(C)(C)C)C2O)C(O)C1OC1OC(CCC(=O)OCc2ccc([N+](=O)[O-])cc2)=CCC1NC(=O)OC(C)(C)C. The van der Waals surface area contributed by atoms with Crippen LogP contribution in [0.2, 0.25) is 0 Å². The zero-order valence-corrected chi connectivity index (χ0v) is 43.2. The maximum atomic E-state index is 13.6.